The van der Waals surface area contributed by atoms with E-state index >= 15 is 0 Å². The highest BCUT2D eigenvalue weighted by Gasteiger charge is 2.21. The standard InChI is InChI=1S/C11H11N3O2/c15-11-12-5-8(6-16-11)14-7-13-9-3-1-2-4-10(9)14/h1-4,7-8H,5-6H2,(H,12,15). The van der Waals surface area contributed by atoms with Crippen LogP contribution in [0.15, 0.2) is 30.6 Å². The molecular weight excluding hydrogens is 206 g/mol. The van der Waals surface area contributed by atoms with Crippen LogP contribution in [0, 0.1) is 0 Å². The molecule has 0 saturated carbocycles. The molecule has 5 nitrogen and oxygen atoms in total. The average molecular weight is 217 g/mol. The SMILES string of the molecule is O=C1NCC(n2cnc3ccccc32)CO1. The molecule has 0 radical (unpaired) electrons. The van der Waals surface area contributed by atoms with Crippen LogP contribution in [-0.4, -0.2) is 28.8 Å². The van der Waals surface area contributed by atoms with E-state index < -0.39 is 0 Å². The van der Waals surface area contributed by atoms with Crippen LogP contribution in [0.3, 0.4) is 0 Å². The van der Waals surface area contributed by atoms with E-state index in [4.69, 9.17) is 4.74 Å². The maximum atomic E-state index is 10.9. The Labute approximate surface area is 92.0 Å². The molecule has 0 spiro atoms. The number of hydrogen-bond acceptors (Lipinski definition) is 3. The zero-order valence-corrected chi connectivity index (χ0v) is 8.59. The van der Waals surface area contributed by atoms with Gasteiger partial charge in [0, 0.05) is 6.54 Å². The highest BCUT2D eigenvalue weighted by Crippen LogP contribution is 2.18. The summed E-state index contributed by atoms with van der Waals surface area (Å²) in [6.45, 7) is 0.978. The van der Waals surface area contributed by atoms with Crippen LogP contribution >= 0.6 is 0 Å². The van der Waals surface area contributed by atoms with Gasteiger partial charge in [0.1, 0.15) is 6.61 Å². The molecule has 1 unspecified atom stereocenters. The molecule has 1 atom stereocenters. The molecule has 1 fully saturated rings. The second-order valence-electron chi connectivity index (χ2n) is 3.77. The number of nitrogens with zero attached hydrogens (tertiary/aromatic N) is 2. The molecule has 0 aliphatic carbocycles. The van der Waals surface area contributed by atoms with Crippen molar-refractivity contribution in [2.75, 3.05) is 13.2 Å². The van der Waals surface area contributed by atoms with Gasteiger partial charge in [-0.15, -0.1) is 0 Å². The maximum Gasteiger partial charge on any atom is 0.407 e. The highest BCUT2D eigenvalue weighted by atomic mass is 16.6. The molecule has 3 rings (SSSR count). The molecule has 16 heavy (non-hydrogen) atoms. The molecule has 1 aliphatic heterocycles. The van der Waals surface area contributed by atoms with E-state index in [1.165, 1.54) is 0 Å². The fourth-order valence-corrected chi connectivity index (χ4v) is 1.93. The molecule has 5 heteroatoms. The fraction of sp³-hybridized carbons (Fsp3) is 0.273. The number of hydrogen-bond donors (Lipinski definition) is 1. The van der Waals surface area contributed by atoms with Gasteiger partial charge in [-0.2, -0.15) is 0 Å². The van der Waals surface area contributed by atoms with Crippen LogP contribution in [0.4, 0.5) is 4.79 Å². The third kappa shape index (κ3) is 1.41. The molecule has 2 aromatic rings. The lowest BCUT2D eigenvalue weighted by Gasteiger charge is -2.24. The summed E-state index contributed by atoms with van der Waals surface area (Å²) in [7, 11) is 0. The van der Waals surface area contributed by atoms with Crippen LogP contribution in [0.25, 0.3) is 11.0 Å². The fourth-order valence-electron chi connectivity index (χ4n) is 1.93. The van der Waals surface area contributed by atoms with Crippen LogP contribution in [-0.2, 0) is 4.74 Å². The summed E-state index contributed by atoms with van der Waals surface area (Å²) in [5.74, 6) is 0. The number of nitrogens with one attached hydrogen (secondary N) is 1. The zero-order chi connectivity index (χ0) is 11.0. The van der Waals surface area contributed by atoms with E-state index in [0.717, 1.165) is 11.0 Å². The number of ether oxygens (including phenoxy) is 1. The van der Waals surface area contributed by atoms with Gasteiger partial charge in [-0.05, 0) is 12.1 Å². The number of rotatable bonds is 1. The van der Waals surface area contributed by atoms with Gasteiger partial charge in [0.25, 0.3) is 0 Å². The first kappa shape index (κ1) is 9.21. The number of cyclic esters (lactones) is 1. The summed E-state index contributed by atoms with van der Waals surface area (Å²) < 4.78 is 7.00. The third-order valence-electron chi connectivity index (χ3n) is 2.76. The number of fused-ring (bicyclic) bond motifs is 1. The van der Waals surface area contributed by atoms with E-state index in [1.807, 2.05) is 28.8 Å². The van der Waals surface area contributed by atoms with Crippen LogP contribution < -0.4 is 5.32 Å². The van der Waals surface area contributed by atoms with Gasteiger partial charge in [0.15, 0.2) is 0 Å². The number of alkyl carbamates (subject to hydrolysis) is 1. The van der Waals surface area contributed by atoms with Gasteiger partial charge in [0.05, 0.1) is 23.4 Å². The number of imidazole rings is 1. The average Bonchev–Trinajstić information content (AvgIpc) is 2.74. The first-order valence-corrected chi connectivity index (χ1v) is 5.17. The van der Waals surface area contributed by atoms with Crippen LogP contribution in [0.5, 0.6) is 0 Å². The molecular formula is C11H11N3O2. The summed E-state index contributed by atoms with van der Waals surface area (Å²) in [6.07, 6.45) is 1.44. The second kappa shape index (κ2) is 3.52. The predicted molar refractivity (Wildman–Crippen MR) is 58.1 cm³/mol. The molecule has 82 valence electrons. The van der Waals surface area contributed by atoms with E-state index in [9.17, 15) is 4.79 Å². The first-order chi connectivity index (χ1) is 7.84. The van der Waals surface area contributed by atoms with Crippen molar-refractivity contribution in [2.45, 2.75) is 6.04 Å². The van der Waals surface area contributed by atoms with Gasteiger partial charge >= 0.3 is 6.09 Å². The summed E-state index contributed by atoms with van der Waals surface area (Å²) >= 11 is 0. The third-order valence-corrected chi connectivity index (χ3v) is 2.76. The van der Waals surface area contributed by atoms with Crippen molar-refractivity contribution >= 4 is 17.1 Å². The molecule has 1 saturated heterocycles. The lowest BCUT2D eigenvalue weighted by atomic mass is 10.2. The first-order valence-electron chi connectivity index (χ1n) is 5.17. The van der Waals surface area contributed by atoms with Crippen molar-refractivity contribution in [1.82, 2.24) is 14.9 Å². The van der Waals surface area contributed by atoms with Gasteiger partial charge in [0.2, 0.25) is 0 Å². The molecule has 1 amide bonds. The monoisotopic (exact) mass is 217 g/mol. The topological polar surface area (TPSA) is 56.2 Å². The Bertz CT molecular complexity index is 525. The number of para-hydroxylation sites is 2. The number of aromatic nitrogens is 2. The Morgan fingerprint density at radius 1 is 1.44 bits per heavy atom. The molecule has 1 N–H and O–H groups in total. The maximum absolute atomic E-state index is 10.9. The summed E-state index contributed by atoms with van der Waals surface area (Å²) in [5, 5.41) is 2.68. The van der Waals surface area contributed by atoms with Gasteiger partial charge in [-0.25, -0.2) is 9.78 Å². The van der Waals surface area contributed by atoms with Crippen molar-refractivity contribution in [3.05, 3.63) is 30.6 Å². The Morgan fingerprint density at radius 2 is 2.31 bits per heavy atom. The van der Waals surface area contributed by atoms with Crippen molar-refractivity contribution in [1.29, 1.82) is 0 Å². The minimum absolute atomic E-state index is 0.116. The second-order valence-corrected chi connectivity index (χ2v) is 3.77. The van der Waals surface area contributed by atoms with E-state index in [2.05, 4.69) is 10.3 Å². The lowest BCUT2D eigenvalue weighted by molar-refractivity contribution is 0.106. The van der Waals surface area contributed by atoms with Crippen molar-refractivity contribution in [2.24, 2.45) is 0 Å². The van der Waals surface area contributed by atoms with E-state index in [1.54, 1.807) is 6.33 Å². The minimum Gasteiger partial charge on any atom is -0.447 e. The number of carbonyl (C=O) groups is 1. The number of amides is 1. The number of benzene rings is 1. The molecule has 1 aromatic carbocycles. The quantitative estimate of drug-likeness (QED) is 0.783. The molecule has 1 aromatic heterocycles. The Hall–Kier alpha value is -2.04. The number of carbonyl (C=O) groups excluding carboxylic acids is 1. The summed E-state index contributed by atoms with van der Waals surface area (Å²) in [5.41, 5.74) is 2.02. The molecule has 2 heterocycles. The summed E-state index contributed by atoms with van der Waals surface area (Å²) in [6, 6.07) is 8.03. The highest BCUT2D eigenvalue weighted by molar-refractivity contribution is 5.75. The minimum atomic E-state index is -0.347. The lowest BCUT2D eigenvalue weighted by Crippen LogP contribution is -2.39. The normalized spacial score (nSPS) is 20.5. The largest absolute Gasteiger partial charge is 0.447 e. The van der Waals surface area contributed by atoms with Gasteiger partial charge < -0.3 is 14.6 Å². The zero-order valence-electron chi connectivity index (χ0n) is 8.59. The van der Waals surface area contributed by atoms with E-state index in [0.29, 0.717) is 13.2 Å². The Balaban J connectivity index is 1.97. The summed E-state index contributed by atoms with van der Waals surface area (Å²) in [4.78, 5) is 15.2. The molecule has 1 aliphatic rings. The van der Waals surface area contributed by atoms with Crippen molar-refractivity contribution in [3.8, 4) is 0 Å². The van der Waals surface area contributed by atoms with Crippen molar-refractivity contribution in [3.63, 3.8) is 0 Å². The smallest absolute Gasteiger partial charge is 0.407 e. The Kier molecular flexibility index (Phi) is 2.02. The predicted octanol–water partition coefficient (Wildman–Crippen LogP) is 1.32. The molecule has 0 bridgehead atoms. The van der Waals surface area contributed by atoms with Crippen LogP contribution in [0.1, 0.15) is 6.04 Å². The van der Waals surface area contributed by atoms with Crippen LogP contribution in [0.2, 0.25) is 0 Å². The Morgan fingerprint density at radius 3 is 3.12 bits per heavy atom. The van der Waals surface area contributed by atoms with Gasteiger partial charge in [-0.1, -0.05) is 12.1 Å². The van der Waals surface area contributed by atoms with Crippen molar-refractivity contribution < 1.29 is 9.53 Å². The van der Waals surface area contributed by atoms with Gasteiger partial charge in [-0.3, -0.25) is 0 Å². The van der Waals surface area contributed by atoms with E-state index in [-0.39, 0.29) is 12.1 Å².